The molecule has 3 nitrogen and oxygen atoms in total. The lowest BCUT2D eigenvalue weighted by molar-refractivity contribution is 0.102. The molecule has 1 amide bonds. The lowest BCUT2D eigenvalue weighted by Gasteiger charge is -2.09. The molecule has 0 saturated heterocycles. The van der Waals surface area contributed by atoms with Gasteiger partial charge in [-0.1, -0.05) is 25.1 Å². The summed E-state index contributed by atoms with van der Waals surface area (Å²) in [5, 5.41) is 2.56. The van der Waals surface area contributed by atoms with Gasteiger partial charge in [0.2, 0.25) is 0 Å². The van der Waals surface area contributed by atoms with Crippen LogP contribution in [0.15, 0.2) is 42.5 Å². The van der Waals surface area contributed by atoms with E-state index in [4.69, 9.17) is 5.73 Å². The molecule has 2 rings (SSSR count). The predicted molar refractivity (Wildman–Crippen MR) is 74.6 cm³/mol. The first-order chi connectivity index (χ1) is 9.11. The Morgan fingerprint density at radius 1 is 1.26 bits per heavy atom. The summed E-state index contributed by atoms with van der Waals surface area (Å²) in [7, 11) is 0. The van der Waals surface area contributed by atoms with Crippen molar-refractivity contribution >= 4 is 17.3 Å². The molecule has 0 bridgehead atoms. The van der Waals surface area contributed by atoms with Crippen LogP contribution in [0.4, 0.5) is 15.8 Å². The topological polar surface area (TPSA) is 55.1 Å². The van der Waals surface area contributed by atoms with Crippen LogP contribution in [0.5, 0.6) is 0 Å². The van der Waals surface area contributed by atoms with E-state index in [1.165, 1.54) is 12.1 Å². The first-order valence-corrected chi connectivity index (χ1v) is 6.06. The van der Waals surface area contributed by atoms with Gasteiger partial charge in [-0.05, 0) is 36.2 Å². The molecule has 3 N–H and O–H groups in total. The van der Waals surface area contributed by atoms with E-state index in [1.54, 1.807) is 18.2 Å². The first kappa shape index (κ1) is 13.1. The largest absolute Gasteiger partial charge is 0.399 e. The number of nitrogen functional groups attached to an aromatic ring is 1. The number of halogens is 1. The van der Waals surface area contributed by atoms with Crippen LogP contribution in [0.1, 0.15) is 22.8 Å². The summed E-state index contributed by atoms with van der Waals surface area (Å²) in [6.45, 7) is 1.97. The number of hydrogen-bond acceptors (Lipinski definition) is 2. The van der Waals surface area contributed by atoms with E-state index < -0.39 is 5.82 Å². The quantitative estimate of drug-likeness (QED) is 0.830. The molecule has 2 aromatic rings. The third kappa shape index (κ3) is 2.91. The normalized spacial score (nSPS) is 10.2. The van der Waals surface area contributed by atoms with E-state index in [2.05, 4.69) is 5.32 Å². The maximum Gasteiger partial charge on any atom is 0.256 e. The maximum atomic E-state index is 13.6. The minimum Gasteiger partial charge on any atom is -0.399 e. The predicted octanol–water partition coefficient (Wildman–Crippen LogP) is 3.22. The highest BCUT2D eigenvalue weighted by Gasteiger charge is 2.12. The molecule has 4 heteroatoms. The third-order valence-corrected chi connectivity index (χ3v) is 2.88. The van der Waals surface area contributed by atoms with E-state index in [9.17, 15) is 9.18 Å². The van der Waals surface area contributed by atoms with Crippen LogP contribution in [0.25, 0.3) is 0 Å². The van der Waals surface area contributed by atoms with Crippen molar-refractivity contribution in [3.8, 4) is 0 Å². The average Bonchev–Trinajstić information content (AvgIpc) is 2.41. The fourth-order valence-corrected chi connectivity index (χ4v) is 1.87. The molecule has 0 saturated carbocycles. The van der Waals surface area contributed by atoms with Crippen LogP contribution in [0, 0.1) is 5.82 Å². The molecule has 0 aromatic heterocycles. The summed E-state index contributed by atoms with van der Waals surface area (Å²) in [5.74, 6) is -0.858. The number of carbonyl (C=O) groups is 1. The number of carbonyl (C=O) groups excluding carboxylic acids is 1. The molecule has 0 aliphatic carbocycles. The van der Waals surface area contributed by atoms with Crippen molar-refractivity contribution in [2.24, 2.45) is 0 Å². The molecule has 0 aliphatic heterocycles. The number of amides is 1. The van der Waals surface area contributed by atoms with Crippen LogP contribution in [0.3, 0.4) is 0 Å². The van der Waals surface area contributed by atoms with Crippen LogP contribution < -0.4 is 11.1 Å². The molecular weight excluding hydrogens is 243 g/mol. The van der Waals surface area contributed by atoms with E-state index in [1.807, 2.05) is 19.1 Å². The Labute approximate surface area is 111 Å². The number of hydrogen-bond donors (Lipinski definition) is 2. The van der Waals surface area contributed by atoms with Crippen molar-refractivity contribution in [3.05, 3.63) is 59.4 Å². The van der Waals surface area contributed by atoms with Gasteiger partial charge >= 0.3 is 0 Å². The Balaban J connectivity index is 2.26. The number of nitrogens with one attached hydrogen (secondary N) is 1. The minimum atomic E-state index is -0.540. The summed E-state index contributed by atoms with van der Waals surface area (Å²) < 4.78 is 13.6. The van der Waals surface area contributed by atoms with Crippen molar-refractivity contribution in [1.82, 2.24) is 0 Å². The zero-order valence-corrected chi connectivity index (χ0v) is 10.6. The standard InChI is InChI=1S/C15H15FN2O/c1-2-10-5-3-4-6-12(10)15(19)18-14-8-7-11(17)9-13(14)16/h3-9H,2,17H2,1H3,(H,18,19). The van der Waals surface area contributed by atoms with Gasteiger partial charge in [0.1, 0.15) is 5.82 Å². The van der Waals surface area contributed by atoms with Gasteiger partial charge in [0.15, 0.2) is 0 Å². The van der Waals surface area contributed by atoms with E-state index in [-0.39, 0.29) is 11.6 Å². The monoisotopic (exact) mass is 258 g/mol. The van der Waals surface area contributed by atoms with E-state index in [0.717, 1.165) is 12.0 Å². The van der Waals surface area contributed by atoms with Crippen LogP contribution in [-0.2, 0) is 6.42 Å². The van der Waals surface area contributed by atoms with Crippen molar-refractivity contribution in [2.75, 3.05) is 11.1 Å². The molecule has 0 heterocycles. The SMILES string of the molecule is CCc1ccccc1C(=O)Nc1ccc(N)cc1F. The number of nitrogens with two attached hydrogens (primary N) is 1. The summed E-state index contributed by atoms with van der Waals surface area (Å²) in [4.78, 5) is 12.1. The fourth-order valence-electron chi connectivity index (χ4n) is 1.87. The Kier molecular flexibility index (Phi) is 3.80. The third-order valence-electron chi connectivity index (χ3n) is 2.88. The number of anilines is 2. The van der Waals surface area contributed by atoms with E-state index >= 15 is 0 Å². The molecule has 19 heavy (non-hydrogen) atoms. The molecule has 98 valence electrons. The second-order valence-electron chi connectivity index (χ2n) is 4.20. The summed E-state index contributed by atoms with van der Waals surface area (Å²) in [6, 6.07) is 11.5. The lowest BCUT2D eigenvalue weighted by atomic mass is 10.0. The smallest absolute Gasteiger partial charge is 0.256 e. The molecule has 0 atom stereocenters. The van der Waals surface area contributed by atoms with Crippen LogP contribution in [-0.4, -0.2) is 5.91 Å². The number of rotatable bonds is 3. The summed E-state index contributed by atoms with van der Waals surface area (Å²) in [5.41, 5.74) is 7.40. The first-order valence-electron chi connectivity index (χ1n) is 6.06. The van der Waals surface area contributed by atoms with Gasteiger partial charge in [0.25, 0.3) is 5.91 Å². The Morgan fingerprint density at radius 2 is 2.00 bits per heavy atom. The van der Waals surface area contributed by atoms with Crippen molar-refractivity contribution in [2.45, 2.75) is 13.3 Å². The zero-order chi connectivity index (χ0) is 13.8. The Hall–Kier alpha value is -2.36. The molecule has 0 spiro atoms. The summed E-state index contributed by atoms with van der Waals surface area (Å²) >= 11 is 0. The number of benzene rings is 2. The number of aryl methyl sites for hydroxylation is 1. The molecule has 2 aromatic carbocycles. The molecule has 0 aliphatic rings. The van der Waals surface area contributed by atoms with E-state index in [0.29, 0.717) is 11.3 Å². The highest BCUT2D eigenvalue weighted by molar-refractivity contribution is 6.05. The Bertz CT molecular complexity index is 611. The zero-order valence-electron chi connectivity index (χ0n) is 10.6. The van der Waals surface area contributed by atoms with Crippen LogP contribution in [0.2, 0.25) is 0 Å². The molecule has 0 radical (unpaired) electrons. The lowest BCUT2D eigenvalue weighted by Crippen LogP contribution is -2.15. The second-order valence-corrected chi connectivity index (χ2v) is 4.20. The molecule has 0 unspecified atom stereocenters. The van der Waals surface area contributed by atoms with Gasteiger partial charge in [-0.15, -0.1) is 0 Å². The Morgan fingerprint density at radius 3 is 2.68 bits per heavy atom. The van der Waals surface area contributed by atoms with Crippen LogP contribution >= 0.6 is 0 Å². The van der Waals surface area contributed by atoms with Gasteiger partial charge in [0.05, 0.1) is 5.69 Å². The van der Waals surface area contributed by atoms with Gasteiger partial charge < -0.3 is 11.1 Å². The van der Waals surface area contributed by atoms with Gasteiger partial charge in [0, 0.05) is 11.3 Å². The average molecular weight is 258 g/mol. The van der Waals surface area contributed by atoms with Gasteiger partial charge in [-0.3, -0.25) is 4.79 Å². The van der Waals surface area contributed by atoms with Crippen molar-refractivity contribution < 1.29 is 9.18 Å². The highest BCUT2D eigenvalue weighted by atomic mass is 19.1. The minimum absolute atomic E-state index is 0.130. The second kappa shape index (κ2) is 5.52. The van der Waals surface area contributed by atoms with Gasteiger partial charge in [-0.25, -0.2) is 4.39 Å². The highest BCUT2D eigenvalue weighted by Crippen LogP contribution is 2.19. The van der Waals surface area contributed by atoms with Crippen molar-refractivity contribution in [3.63, 3.8) is 0 Å². The fraction of sp³-hybridized carbons (Fsp3) is 0.133. The van der Waals surface area contributed by atoms with Crippen molar-refractivity contribution in [1.29, 1.82) is 0 Å². The molecular formula is C15H15FN2O. The maximum absolute atomic E-state index is 13.6. The summed E-state index contributed by atoms with van der Waals surface area (Å²) in [6.07, 6.45) is 0.744. The molecule has 0 fully saturated rings. The van der Waals surface area contributed by atoms with Gasteiger partial charge in [-0.2, -0.15) is 0 Å².